The van der Waals surface area contributed by atoms with Gasteiger partial charge in [-0.05, 0) is 50.5 Å². The third-order valence-electron chi connectivity index (χ3n) is 5.93. The Labute approximate surface area is 126 Å². The van der Waals surface area contributed by atoms with Crippen LogP contribution in [0.5, 0.6) is 0 Å². The first kappa shape index (κ1) is 16.3. The van der Waals surface area contributed by atoms with Crippen LogP contribution in [-0.2, 0) is 9.59 Å². The maximum Gasteiger partial charge on any atom is 0.307 e. The molecule has 1 aliphatic heterocycles. The second-order valence-electron chi connectivity index (χ2n) is 7.52. The number of rotatable bonds is 3. The van der Waals surface area contributed by atoms with E-state index in [1.165, 1.54) is 0 Å². The standard InChI is InChI=1S/C16H28N2O3/c1-10-12(7-6-11(13(19)20)15(10,2)3)18-14(21)16(4)8-5-9-17-16/h10-12,17H,5-9H2,1-4H3,(H,18,21)(H,19,20). The van der Waals surface area contributed by atoms with Gasteiger partial charge in [-0.25, -0.2) is 0 Å². The van der Waals surface area contributed by atoms with Gasteiger partial charge in [0.25, 0.3) is 0 Å². The molecule has 0 radical (unpaired) electrons. The molecule has 1 saturated heterocycles. The lowest BCUT2D eigenvalue weighted by Crippen LogP contribution is -2.58. The molecule has 1 saturated carbocycles. The Kier molecular flexibility index (Phi) is 4.34. The first-order valence-electron chi connectivity index (χ1n) is 7.97. The summed E-state index contributed by atoms with van der Waals surface area (Å²) < 4.78 is 0. The van der Waals surface area contributed by atoms with Gasteiger partial charge in [0.2, 0.25) is 5.91 Å². The summed E-state index contributed by atoms with van der Waals surface area (Å²) in [6, 6.07) is 0.0577. The molecular weight excluding hydrogens is 268 g/mol. The van der Waals surface area contributed by atoms with Gasteiger partial charge in [0.1, 0.15) is 0 Å². The molecule has 1 amide bonds. The average molecular weight is 296 g/mol. The molecule has 21 heavy (non-hydrogen) atoms. The van der Waals surface area contributed by atoms with Crippen molar-refractivity contribution in [2.24, 2.45) is 17.3 Å². The topological polar surface area (TPSA) is 78.4 Å². The Morgan fingerprint density at radius 1 is 1.24 bits per heavy atom. The lowest BCUT2D eigenvalue weighted by molar-refractivity contribution is -0.150. The van der Waals surface area contributed by atoms with E-state index >= 15 is 0 Å². The predicted molar refractivity (Wildman–Crippen MR) is 80.9 cm³/mol. The highest BCUT2D eigenvalue weighted by Crippen LogP contribution is 2.45. The molecule has 0 aromatic heterocycles. The second kappa shape index (κ2) is 5.59. The zero-order valence-electron chi connectivity index (χ0n) is 13.5. The van der Waals surface area contributed by atoms with Crippen LogP contribution < -0.4 is 10.6 Å². The molecule has 5 nitrogen and oxygen atoms in total. The van der Waals surface area contributed by atoms with Crippen LogP contribution in [-0.4, -0.2) is 35.1 Å². The maximum absolute atomic E-state index is 12.5. The van der Waals surface area contributed by atoms with Crippen molar-refractivity contribution >= 4 is 11.9 Å². The monoisotopic (exact) mass is 296 g/mol. The lowest BCUT2D eigenvalue weighted by atomic mass is 9.61. The molecule has 3 N–H and O–H groups in total. The minimum Gasteiger partial charge on any atom is -0.481 e. The average Bonchev–Trinajstić information content (AvgIpc) is 2.83. The third kappa shape index (κ3) is 2.93. The van der Waals surface area contributed by atoms with E-state index in [2.05, 4.69) is 17.6 Å². The number of hydrogen-bond donors (Lipinski definition) is 3. The van der Waals surface area contributed by atoms with Crippen molar-refractivity contribution in [2.45, 2.75) is 65.0 Å². The van der Waals surface area contributed by atoms with E-state index in [0.29, 0.717) is 6.42 Å². The van der Waals surface area contributed by atoms with Crippen molar-refractivity contribution in [3.8, 4) is 0 Å². The highest BCUT2D eigenvalue weighted by atomic mass is 16.4. The fourth-order valence-electron chi connectivity index (χ4n) is 3.86. The van der Waals surface area contributed by atoms with Crippen molar-refractivity contribution in [1.29, 1.82) is 0 Å². The molecule has 2 aliphatic rings. The summed E-state index contributed by atoms with van der Waals surface area (Å²) in [5, 5.41) is 15.8. The summed E-state index contributed by atoms with van der Waals surface area (Å²) in [5.74, 6) is -0.857. The predicted octanol–water partition coefficient (Wildman–Crippen LogP) is 1.77. The Balaban J connectivity index is 2.05. The molecule has 5 heteroatoms. The molecule has 0 spiro atoms. The number of hydrogen-bond acceptors (Lipinski definition) is 3. The number of carbonyl (C=O) groups is 2. The van der Waals surface area contributed by atoms with Crippen molar-refractivity contribution in [2.75, 3.05) is 6.54 Å². The summed E-state index contributed by atoms with van der Waals surface area (Å²) in [5.41, 5.74) is -0.778. The largest absolute Gasteiger partial charge is 0.481 e. The van der Waals surface area contributed by atoms with Crippen LogP contribution in [0, 0.1) is 17.3 Å². The molecular formula is C16H28N2O3. The minimum absolute atomic E-state index is 0.0569. The number of carbonyl (C=O) groups excluding carboxylic acids is 1. The first-order valence-corrected chi connectivity index (χ1v) is 7.97. The molecule has 0 aromatic rings. The summed E-state index contributed by atoms with van der Waals surface area (Å²) in [7, 11) is 0. The van der Waals surface area contributed by atoms with Crippen molar-refractivity contribution in [3.63, 3.8) is 0 Å². The molecule has 2 rings (SSSR count). The Morgan fingerprint density at radius 3 is 2.43 bits per heavy atom. The quantitative estimate of drug-likeness (QED) is 0.741. The van der Waals surface area contributed by atoms with E-state index < -0.39 is 11.5 Å². The minimum atomic E-state index is -0.721. The van der Waals surface area contributed by atoms with Crippen molar-refractivity contribution in [3.05, 3.63) is 0 Å². The van der Waals surface area contributed by atoms with Crippen LogP contribution in [0.1, 0.15) is 53.4 Å². The van der Waals surface area contributed by atoms with Gasteiger partial charge in [-0.1, -0.05) is 20.8 Å². The number of carboxylic acids is 1. The van der Waals surface area contributed by atoms with E-state index in [1.807, 2.05) is 20.8 Å². The maximum atomic E-state index is 12.5. The molecule has 1 heterocycles. The van der Waals surface area contributed by atoms with E-state index in [4.69, 9.17) is 0 Å². The number of aliphatic carboxylic acids is 1. The molecule has 4 unspecified atom stereocenters. The normalized spacial score (nSPS) is 39.0. The van der Waals surface area contributed by atoms with Gasteiger partial charge in [-0.2, -0.15) is 0 Å². The van der Waals surface area contributed by atoms with Crippen LogP contribution in [0.2, 0.25) is 0 Å². The Morgan fingerprint density at radius 2 is 1.90 bits per heavy atom. The van der Waals surface area contributed by atoms with E-state index in [9.17, 15) is 14.7 Å². The van der Waals surface area contributed by atoms with Crippen molar-refractivity contribution < 1.29 is 14.7 Å². The van der Waals surface area contributed by atoms with E-state index in [-0.39, 0.29) is 29.2 Å². The van der Waals surface area contributed by atoms with E-state index in [1.54, 1.807) is 0 Å². The fourth-order valence-corrected chi connectivity index (χ4v) is 3.86. The highest BCUT2D eigenvalue weighted by molar-refractivity contribution is 5.86. The summed E-state index contributed by atoms with van der Waals surface area (Å²) in [6.07, 6.45) is 3.25. The summed E-state index contributed by atoms with van der Waals surface area (Å²) >= 11 is 0. The molecule has 2 fully saturated rings. The van der Waals surface area contributed by atoms with E-state index in [0.717, 1.165) is 25.8 Å². The van der Waals surface area contributed by atoms with Gasteiger partial charge in [0.15, 0.2) is 0 Å². The number of amides is 1. The molecule has 120 valence electrons. The van der Waals surface area contributed by atoms with Gasteiger partial charge in [0, 0.05) is 6.04 Å². The number of carboxylic acid groups (broad SMARTS) is 1. The fraction of sp³-hybridized carbons (Fsp3) is 0.875. The van der Waals surface area contributed by atoms with Crippen LogP contribution in [0.4, 0.5) is 0 Å². The van der Waals surface area contributed by atoms with Crippen LogP contribution >= 0.6 is 0 Å². The first-order chi connectivity index (χ1) is 9.68. The van der Waals surface area contributed by atoms with Gasteiger partial charge in [0.05, 0.1) is 11.5 Å². The molecule has 1 aliphatic carbocycles. The summed E-state index contributed by atoms with van der Waals surface area (Å²) in [4.78, 5) is 23.9. The van der Waals surface area contributed by atoms with Crippen LogP contribution in [0.15, 0.2) is 0 Å². The molecule has 0 aromatic carbocycles. The zero-order valence-corrected chi connectivity index (χ0v) is 13.5. The van der Waals surface area contributed by atoms with Crippen molar-refractivity contribution in [1.82, 2.24) is 10.6 Å². The van der Waals surface area contributed by atoms with Gasteiger partial charge < -0.3 is 15.7 Å². The van der Waals surface area contributed by atoms with Crippen LogP contribution in [0.3, 0.4) is 0 Å². The Hall–Kier alpha value is -1.10. The Bertz CT molecular complexity index is 427. The van der Waals surface area contributed by atoms with Crippen LogP contribution in [0.25, 0.3) is 0 Å². The number of nitrogens with one attached hydrogen (secondary N) is 2. The molecule has 4 atom stereocenters. The summed E-state index contributed by atoms with van der Waals surface area (Å²) in [6.45, 7) is 8.91. The SMILES string of the molecule is CC1C(NC(=O)C2(C)CCCN2)CCC(C(=O)O)C1(C)C. The van der Waals surface area contributed by atoms with Gasteiger partial charge in [-0.3, -0.25) is 9.59 Å². The second-order valence-corrected chi connectivity index (χ2v) is 7.52. The smallest absolute Gasteiger partial charge is 0.307 e. The van der Waals surface area contributed by atoms with Gasteiger partial charge >= 0.3 is 5.97 Å². The van der Waals surface area contributed by atoms with Gasteiger partial charge in [-0.15, -0.1) is 0 Å². The zero-order chi connectivity index (χ0) is 15.8. The third-order valence-corrected chi connectivity index (χ3v) is 5.93. The molecule has 0 bridgehead atoms. The lowest BCUT2D eigenvalue weighted by Gasteiger charge is -2.46. The highest BCUT2D eigenvalue weighted by Gasteiger charge is 2.47.